The molecule has 7 heteroatoms. The van der Waals surface area contributed by atoms with E-state index in [1.54, 1.807) is 20.3 Å². The van der Waals surface area contributed by atoms with Crippen LogP contribution >= 0.6 is 0 Å². The van der Waals surface area contributed by atoms with Gasteiger partial charge in [0.2, 0.25) is 5.91 Å². The van der Waals surface area contributed by atoms with E-state index in [4.69, 9.17) is 9.57 Å². The number of rotatable bonds is 8. The molecule has 1 amide bonds. The summed E-state index contributed by atoms with van der Waals surface area (Å²) in [5, 5.41) is 3.75. The van der Waals surface area contributed by atoms with Gasteiger partial charge in [-0.2, -0.15) is 0 Å². The molecule has 0 spiro atoms. The molecule has 0 aromatic carbocycles. The van der Waals surface area contributed by atoms with Crippen LogP contribution in [0.4, 0.5) is 0 Å². The lowest BCUT2D eigenvalue weighted by atomic mass is 9.84. The van der Waals surface area contributed by atoms with E-state index in [0.29, 0.717) is 37.2 Å². The Morgan fingerprint density at radius 2 is 2.04 bits per heavy atom. The first-order valence-corrected chi connectivity index (χ1v) is 8.15. The van der Waals surface area contributed by atoms with Crippen LogP contribution in [-0.2, 0) is 24.0 Å². The molecule has 0 aromatic heterocycles. The molecule has 0 bridgehead atoms. The van der Waals surface area contributed by atoms with Crippen molar-refractivity contribution in [2.24, 2.45) is 11.1 Å². The summed E-state index contributed by atoms with van der Waals surface area (Å²) in [6, 6.07) is 0. The molecule has 0 radical (unpaired) electrons. The van der Waals surface area contributed by atoms with Crippen molar-refractivity contribution in [3.05, 3.63) is 11.3 Å². The van der Waals surface area contributed by atoms with Crippen LogP contribution in [0.2, 0.25) is 0 Å². The van der Waals surface area contributed by atoms with Gasteiger partial charge in [0, 0.05) is 45.6 Å². The second-order valence-corrected chi connectivity index (χ2v) is 5.85. The van der Waals surface area contributed by atoms with Crippen LogP contribution in [0.3, 0.4) is 0 Å². The Labute approximate surface area is 142 Å². The predicted molar refractivity (Wildman–Crippen MR) is 89.2 cm³/mol. The Balaban J connectivity index is 2.80. The van der Waals surface area contributed by atoms with Crippen LogP contribution < -0.4 is 0 Å². The molecule has 134 valence electrons. The van der Waals surface area contributed by atoms with Crippen molar-refractivity contribution in [1.29, 1.82) is 0 Å². The number of nitrogens with zero attached hydrogens (tertiary/aromatic N) is 2. The van der Waals surface area contributed by atoms with Crippen molar-refractivity contribution < 1.29 is 24.0 Å². The summed E-state index contributed by atoms with van der Waals surface area (Å²) in [5.74, 6) is -0.868. The summed E-state index contributed by atoms with van der Waals surface area (Å²) >= 11 is 0. The fourth-order valence-electron chi connectivity index (χ4n) is 2.57. The molecule has 24 heavy (non-hydrogen) atoms. The molecule has 7 nitrogen and oxygen atoms in total. The molecule has 1 atom stereocenters. The maximum atomic E-state index is 12.4. The molecular formula is C17H26N2O5. The Morgan fingerprint density at radius 1 is 1.33 bits per heavy atom. The van der Waals surface area contributed by atoms with Crippen molar-refractivity contribution in [1.82, 2.24) is 4.90 Å². The maximum absolute atomic E-state index is 12.4. The van der Waals surface area contributed by atoms with Crippen molar-refractivity contribution in [2.45, 2.75) is 46.0 Å². The second-order valence-electron chi connectivity index (χ2n) is 5.85. The van der Waals surface area contributed by atoms with Crippen molar-refractivity contribution >= 4 is 23.9 Å². The molecule has 1 rings (SSSR count). The summed E-state index contributed by atoms with van der Waals surface area (Å²) in [5.41, 5.74) is 0.512. The Bertz CT molecular complexity index is 537. The fourth-order valence-corrected chi connectivity index (χ4v) is 2.57. The smallest absolute Gasteiger partial charge is 0.307 e. The molecule has 0 fully saturated rings. The summed E-state index contributed by atoms with van der Waals surface area (Å²) in [6.07, 6.45) is 3.93. The molecular weight excluding hydrogens is 312 g/mol. The Kier molecular flexibility index (Phi) is 8.15. The van der Waals surface area contributed by atoms with Crippen LogP contribution in [0, 0.1) is 5.92 Å². The van der Waals surface area contributed by atoms with Crippen LogP contribution in [0.5, 0.6) is 0 Å². The highest BCUT2D eigenvalue weighted by molar-refractivity contribution is 6.00. The first-order chi connectivity index (χ1) is 11.4. The molecule has 0 saturated heterocycles. The number of allylic oxidation sites excluding steroid dienone is 2. The lowest BCUT2D eigenvalue weighted by molar-refractivity contribution is -0.140. The van der Waals surface area contributed by atoms with Gasteiger partial charge in [0.1, 0.15) is 12.4 Å². The minimum atomic E-state index is -0.480. The summed E-state index contributed by atoms with van der Waals surface area (Å²) < 4.78 is 5.22. The third-order valence-electron chi connectivity index (χ3n) is 3.63. The average molecular weight is 338 g/mol. The van der Waals surface area contributed by atoms with E-state index in [9.17, 15) is 14.4 Å². The number of esters is 1. The molecule has 0 aromatic rings. The molecule has 0 aliphatic heterocycles. The largest absolute Gasteiger partial charge is 0.431 e. The quantitative estimate of drug-likeness (QED) is 0.293. The van der Waals surface area contributed by atoms with Crippen molar-refractivity contribution in [3.63, 3.8) is 0 Å². The van der Waals surface area contributed by atoms with Crippen LogP contribution in [0.15, 0.2) is 16.5 Å². The van der Waals surface area contributed by atoms with Gasteiger partial charge >= 0.3 is 5.97 Å². The zero-order valence-corrected chi connectivity index (χ0v) is 14.8. The van der Waals surface area contributed by atoms with Crippen LogP contribution in [0.25, 0.3) is 0 Å². The molecule has 0 heterocycles. The van der Waals surface area contributed by atoms with Crippen molar-refractivity contribution in [3.8, 4) is 0 Å². The molecule has 1 unspecified atom stereocenters. The van der Waals surface area contributed by atoms with Crippen LogP contribution in [0.1, 0.15) is 46.0 Å². The normalized spacial score (nSPS) is 18.0. The summed E-state index contributed by atoms with van der Waals surface area (Å²) in [6.45, 7) is 3.65. The van der Waals surface area contributed by atoms with Crippen LogP contribution in [-0.4, -0.2) is 49.5 Å². The molecule has 1 aliphatic rings. The van der Waals surface area contributed by atoms with Gasteiger partial charge in [-0.05, 0) is 26.2 Å². The third-order valence-corrected chi connectivity index (χ3v) is 3.63. The highest BCUT2D eigenvalue weighted by Crippen LogP contribution is 2.31. The zero-order valence-electron chi connectivity index (χ0n) is 14.8. The second kappa shape index (κ2) is 9.85. The SMILES string of the molecule is CCON=CCCCC1=C(OC(C)=O)CC(C(=O)N(C)C)CC1=O. The van der Waals surface area contributed by atoms with E-state index >= 15 is 0 Å². The first kappa shape index (κ1) is 19.9. The number of ketones is 1. The number of hydrogen-bond acceptors (Lipinski definition) is 6. The number of oxime groups is 1. The summed E-state index contributed by atoms with van der Waals surface area (Å²) in [4.78, 5) is 42.2. The van der Waals surface area contributed by atoms with E-state index in [-0.39, 0.29) is 24.5 Å². The summed E-state index contributed by atoms with van der Waals surface area (Å²) in [7, 11) is 3.30. The van der Waals surface area contributed by atoms with E-state index in [1.165, 1.54) is 11.8 Å². The number of Topliss-reactive ketones (excluding diaryl/α,β-unsaturated/α-hetero) is 1. The number of carbonyl (C=O) groups is 3. The van der Waals surface area contributed by atoms with Gasteiger partial charge in [-0.3, -0.25) is 14.4 Å². The number of amides is 1. The Morgan fingerprint density at radius 3 is 2.62 bits per heavy atom. The highest BCUT2D eigenvalue weighted by atomic mass is 16.6. The average Bonchev–Trinajstić information content (AvgIpc) is 2.51. The minimum absolute atomic E-state index is 0.126. The fraction of sp³-hybridized carbons (Fsp3) is 0.647. The van der Waals surface area contributed by atoms with Gasteiger partial charge in [-0.1, -0.05) is 5.16 Å². The van der Waals surface area contributed by atoms with E-state index < -0.39 is 11.9 Å². The van der Waals surface area contributed by atoms with Gasteiger partial charge in [0.05, 0.1) is 5.92 Å². The van der Waals surface area contributed by atoms with Gasteiger partial charge in [-0.25, -0.2) is 0 Å². The lowest BCUT2D eigenvalue weighted by Gasteiger charge is -2.26. The lowest BCUT2D eigenvalue weighted by Crippen LogP contribution is -2.34. The predicted octanol–water partition coefficient (Wildman–Crippen LogP) is 2.06. The standard InChI is InChI=1S/C17H26N2O5/c1-5-23-18-9-7-6-8-14-15(21)10-13(17(22)19(3)4)11-16(14)24-12(2)20/h9,13H,5-8,10-11H2,1-4H3. The molecule has 0 saturated carbocycles. The number of ether oxygens (including phenoxy) is 1. The number of unbranched alkanes of at least 4 members (excludes halogenated alkanes) is 1. The first-order valence-electron chi connectivity index (χ1n) is 8.15. The Hall–Kier alpha value is -2.18. The van der Waals surface area contributed by atoms with Gasteiger partial charge in [0.25, 0.3) is 0 Å². The van der Waals surface area contributed by atoms with Gasteiger partial charge in [0.15, 0.2) is 5.78 Å². The molecule has 1 aliphatic carbocycles. The van der Waals surface area contributed by atoms with E-state index in [2.05, 4.69) is 5.16 Å². The third kappa shape index (κ3) is 6.14. The van der Waals surface area contributed by atoms with Crippen molar-refractivity contribution in [2.75, 3.05) is 20.7 Å². The minimum Gasteiger partial charge on any atom is -0.431 e. The molecule has 0 N–H and O–H groups in total. The maximum Gasteiger partial charge on any atom is 0.307 e. The topological polar surface area (TPSA) is 85.3 Å². The van der Waals surface area contributed by atoms with E-state index in [1.807, 2.05) is 6.92 Å². The van der Waals surface area contributed by atoms with Gasteiger partial charge < -0.3 is 14.5 Å². The highest BCUT2D eigenvalue weighted by Gasteiger charge is 2.33. The van der Waals surface area contributed by atoms with E-state index in [0.717, 1.165) is 0 Å². The number of carbonyl (C=O) groups excluding carboxylic acids is 3. The zero-order chi connectivity index (χ0) is 18.1. The van der Waals surface area contributed by atoms with Gasteiger partial charge in [-0.15, -0.1) is 0 Å². The monoisotopic (exact) mass is 338 g/mol. The number of hydrogen-bond donors (Lipinski definition) is 0.